The van der Waals surface area contributed by atoms with Gasteiger partial charge in [-0.3, -0.25) is 19.2 Å². The van der Waals surface area contributed by atoms with E-state index >= 15 is 0 Å². The van der Waals surface area contributed by atoms with Gasteiger partial charge in [-0.05, 0) is 37.5 Å². The summed E-state index contributed by atoms with van der Waals surface area (Å²) >= 11 is 0. The highest BCUT2D eigenvalue weighted by Crippen LogP contribution is 2.40. The molecule has 0 fully saturated rings. The van der Waals surface area contributed by atoms with Crippen LogP contribution in [0.2, 0.25) is 0 Å². The van der Waals surface area contributed by atoms with E-state index in [1.807, 2.05) is 12.2 Å². The highest BCUT2D eigenvalue weighted by Gasteiger charge is 2.47. The number of aliphatic carboxylic acids is 4. The Hall–Kier alpha value is -2.64. The molecule has 0 radical (unpaired) electrons. The third-order valence-electron chi connectivity index (χ3n) is 5.82. The summed E-state index contributed by atoms with van der Waals surface area (Å²) in [6.07, 6.45) is 10.4. The van der Waals surface area contributed by atoms with E-state index in [4.69, 9.17) is 0 Å². The van der Waals surface area contributed by atoms with Crippen LogP contribution < -0.4 is 0 Å². The van der Waals surface area contributed by atoms with Gasteiger partial charge in [0, 0.05) is 0 Å². The highest BCUT2D eigenvalue weighted by molar-refractivity contribution is 5.84. The molecule has 0 saturated heterocycles. The van der Waals surface area contributed by atoms with Crippen molar-refractivity contribution in [1.29, 1.82) is 0 Å². The molecular formula is C20H26O8. The third kappa shape index (κ3) is 4.99. The molecule has 2 aliphatic rings. The second-order valence-corrected chi connectivity index (χ2v) is 7.55. The maximum absolute atomic E-state index is 12.0. The lowest BCUT2D eigenvalue weighted by atomic mass is 9.67. The monoisotopic (exact) mass is 394 g/mol. The van der Waals surface area contributed by atoms with Gasteiger partial charge in [-0.1, -0.05) is 37.1 Å². The molecule has 6 unspecified atom stereocenters. The molecule has 0 saturated carbocycles. The molecular weight excluding hydrogens is 368 g/mol. The van der Waals surface area contributed by atoms with E-state index in [1.165, 1.54) is 12.2 Å². The quantitative estimate of drug-likeness (QED) is 0.520. The second kappa shape index (κ2) is 9.52. The van der Waals surface area contributed by atoms with Crippen molar-refractivity contribution < 1.29 is 39.6 Å². The first-order valence-corrected chi connectivity index (χ1v) is 9.50. The van der Waals surface area contributed by atoms with Crippen LogP contribution in [0.3, 0.4) is 0 Å². The maximum Gasteiger partial charge on any atom is 0.311 e. The summed E-state index contributed by atoms with van der Waals surface area (Å²) in [5, 5.41) is 38.4. The second-order valence-electron chi connectivity index (χ2n) is 7.55. The van der Waals surface area contributed by atoms with E-state index in [0.717, 1.165) is 25.7 Å². The van der Waals surface area contributed by atoms with Gasteiger partial charge >= 0.3 is 23.9 Å². The van der Waals surface area contributed by atoms with Crippen LogP contribution >= 0.6 is 0 Å². The van der Waals surface area contributed by atoms with Crippen LogP contribution in [0.15, 0.2) is 24.3 Å². The number of hydrogen-bond acceptors (Lipinski definition) is 4. The topological polar surface area (TPSA) is 149 Å². The average Bonchev–Trinajstić information content (AvgIpc) is 2.54. The lowest BCUT2D eigenvalue weighted by Crippen LogP contribution is -2.43. The van der Waals surface area contributed by atoms with Crippen molar-refractivity contribution in [1.82, 2.24) is 0 Å². The van der Waals surface area contributed by atoms with Gasteiger partial charge in [0.2, 0.25) is 0 Å². The van der Waals surface area contributed by atoms with E-state index in [9.17, 15) is 39.6 Å². The predicted octanol–water partition coefficient (Wildman–Crippen LogP) is 2.50. The summed E-state index contributed by atoms with van der Waals surface area (Å²) in [6, 6.07) is 0. The first-order valence-electron chi connectivity index (χ1n) is 9.50. The van der Waals surface area contributed by atoms with Crippen LogP contribution in [0, 0.1) is 35.5 Å². The Labute approximate surface area is 162 Å². The highest BCUT2D eigenvalue weighted by atomic mass is 16.4. The zero-order valence-electron chi connectivity index (χ0n) is 15.4. The summed E-state index contributed by atoms with van der Waals surface area (Å²) in [5.41, 5.74) is 0. The van der Waals surface area contributed by atoms with Crippen molar-refractivity contribution in [3.63, 3.8) is 0 Å². The van der Waals surface area contributed by atoms with Gasteiger partial charge in [-0.15, -0.1) is 0 Å². The summed E-state index contributed by atoms with van der Waals surface area (Å²) in [7, 11) is 0. The molecule has 0 aromatic carbocycles. The molecule has 154 valence electrons. The summed E-state index contributed by atoms with van der Waals surface area (Å²) in [4.78, 5) is 47.1. The first kappa shape index (κ1) is 21.7. The lowest BCUT2D eigenvalue weighted by Gasteiger charge is -2.35. The van der Waals surface area contributed by atoms with E-state index < -0.39 is 59.9 Å². The zero-order valence-corrected chi connectivity index (χ0v) is 15.4. The Kier molecular flexibility index (Phi) is 7.37. The first-order chi connectivity index (χ1) is 13.2. The molecule has 0 aliphatic heterocycles. The Morgan fingerprint density at radius 2 is 1.39 bits per heavy atom. The van der Waals surface area contributed by atoms with E-state index in [-0.39, 0.29) is 5.92 Å². The van der Waals surface area contributed by atoms with Crippen LogP contribution in [0.5, 0.6) is 0 Å². The van der Waals surface area contributed by atoms with Gasteiger partial charge < -0.3 is 20.4 Å². The molecule has 28 heavy (non-hydrogen) atoms. The van der Waals surface area contributed by atoms with Gasteiger partial charge in [0.1, 0.15) is 0 Å². The molecule has 2 aliphatic carbocycles. The van der Waals surface area contributed by atoms with E-state index in [2.05, 4.69) is 0 Å². The molecule has 0 heterocycles. The fraction of sp³-hybridized carbons (Fsp3) is 0.600. The molecule has 0 spiro atoms. The fourth-order valence-corrected chi connectivity index (χ4v) is 4.35. The molecule has 0 aromatic heterocycles. The van der Waals surface area contributed by atoms with Crippen molar-refractivity contribution in [2.24, 2.45) is 35.5 Å². The van der Waals surface area contributed by atoms with Crippen LogP contribution in [-0.4, -0.2) is 44.3 Å². The van der Waals surface area contributed by atoms with Gasteiger partial charge in [0.15, 0.2) is 0 Å². The van der Waals surface area contributed by atoms with E-state index in [0.29, 0.717) is 6.42 Å². The molecule has 2 rings (SSSR count). The summed E-state index contributed by atoms with van der Waals surface area (Å²) in [6.45, 7) is 0. The van der Waals surface area contributed by atoms with Crippen molar-refractivity contribution in [3.8, 4) is 0 Å². The molecule has 0 aromatic rings. The molecule has 0 amide bonds. The molecule has 4 N–H and O–H groups in total. The average molecular weight is 394 g/mol. The predicted molar refractivity (Wildman–Crippen MR) is 97.5 cm³/mol. The number of rotatable bonds is 5. The lowest BCUT2D eigenvalue weighted by molar-refractivity contribution is -0.161. The van der Waals surface area contributed by atoms with Gasteiger partial charge in [0.05, 0.1) is 23.7 Å². The maximum atomic E-state index is 12.0. The minimum atomic E-state index is -1.51. The Bertz CT molecular complexity index is 680. The number of carboxylic acid groups (broad SMARTS) is 4. The van der Waals surface area contributed by atoms with Gasteiger partial charge in [-0.25, -0.2) is 0 Å². The Morgan fingerprint density at radius 1 is 0.714 bits per heavy atom. The number of carbonyl (C=O) groups is 4. The van der Waals surface area contributed by atoms with Crippen molar-refractivity contribution in [3.05, 3.63) is 24.3 Å². The van der Waals surface area contributed by atoms with Gasteiger partial charge in [-0.2, -0.15) is 0 Å². The standard InChI is InChI=1S/C20H26O8/c21-17(22)13-9-8-12(11-6-4-2-1-3-5-7-11)16(20(27)28)15(19(25)26)10-14(13)18(23)24/h4,6,8-9,11-16H,1-3,5,7,10H2,(H,21,22)(H,23,24)(H,25,26)(H,27,28). The summed E-state index contributed by atoms with van der Waals surface area (Å²) < 4.78 is 0. The Morgan fingerprint density at radius 3 is 1.96 bits per heavy atom. The molecule has 6 atom stereocenters. The number of carboxylic acids is 4. The zero-order chi connectivity index (χ0) is 20.8. The Balaban J connectivity index is 2.55. The summed E-state index contributed by atoms with van der Waals surface area (Å²) in [5.74, 6) is -12.2. The molecule has 0 bridgehead atoms. The van der Waals surface area contributed by atoms with Crippen LogP contribution in [0.25, 0.3) is 0 Å². The van der Waals surface area contributed by atoms with Crippen molar-refractivity contribution in [2.75, 3.05) is 0 Å². The van der Waals surface area contributed by atoms with Crippen molar-refractivity contribution >= 4 is 23.9 Å². The van der Waals surface area contributed by atoms with Gasteiger partial charge in [0.25, 0.3) is 0 Å². The van der Waals surface area contributed by atoms with Crippen LogP contribution in [-0.2, 0) is 19.2 Å². The van der Waals surface area contributed by atoms with Crippen molar-refractivity contribution in [2.45, 2.75) is 38.5 Å². The van der Waals surface area contributed by atoms with Crippen LogP contribution in [0.4, 0.5) is 0 Å². The fourth-order valence-electron chi connectivity index (χ4n) is 4.35. The smallest absolute Gasteiger partial charge is 0.311 e. The molecule has 8 heteroatoms. The normalized spacial score (nSPS) is 33.7. The van der Waals surface area contributed by atoms with Crippen LogP contribution in [0.1, 0.15) is 38.5 Å². The largest absolute Gasteiger partial charge is 0.481 e. The van der Waals surface area contributed by atoms with E-state index in [1.54, 1.807) is 0 Å². The number of hydrogen-bond donors (Lipinski definition) is 4. The molecule has 8 nitrogen and oxygen atoms in total. The minimum absolute atomic E-state index is 0.240. The number of allylic oxidation sites excluding steroid dienone is 3. The SMILES string of the molecule is O=C(O)C1C=CC(C2C=CCCCCC2)C(C(=O)O)C(C(=O)O)CC1C(=O)O. The third-order valence-corrected chi connectivity index (χ3v) is 5.82. The minimum Gasteiger partial charge on any atom is -0.481 e.